The summed E-state index contributed by atoms with van der Waals surface area (Å²) in [5.41, 5.74) is 5.41. The molecule has 1 heterocycles. The van der Waals surface area contributed by atoms with Crippen molar-refractivity contribution in [1.82, 2.24) is 10.2 Å². The van der Waals surface area contributed by atoms with Crippen molar-refractivity contribution < 1.29 is 9.59 Å². The number of likely N-dealkylation sites (tertiary alicyclic amines) is 1. The molecular weight excluding hydrogens is 254 g/mol. The number of carbonyl (C=O) groups is 2. The standard InChI is InChI=1S/C15H27N3O2/c1-11-3-5-13(6-4-11)18-10-12(9-14(18)19)15(20)17-8-2-7-16/h11-13H,2-10,16H2,1H3,(H,17,20). The van der Waals surface area contributed by atoms with Crippen LogP contribution in [0.15, 0.2) is 0 Å². The van der Waals surface area contributed by atoms with Gasteiger partial charge in [0, 0.05) is 25.6 Å². The minimum absolute atomic E-state index is 0.0125. The zero-order valence-corrected chi connectivity index (χ0v) is 12.4. The third kappa shape index (κ3) is 3.72. The van der Waals surface area contributed by atoms with Crippen LogP contribution in [0, 0.1) is 11.8 Å². The van der Waals surface area contributed by atoms with Crippen LogP contribution in [-0.2, 0) is 9.59 Å². The molecule has 1 saturated carbocycles. The Kier molecular flexibility index (Phi) is 5.40. The third-order valence-corrected chi connectivity index (χ3v) is 4.64. The summed E-state index contributed by atoms with van der Waals surface area (Å²) >= 11 is 0. The molecule has 2 fully saturated rings. The molecule has 1 saturated heterocycles. The predicted molar refractivity (Wildman–Crippen MR) is 77.9 cm³/mol. The van der Waals surface area contributed by atoms with Crippen molar-refractivity contribution in [3.8, 4) is 0 Å². The normalized spacial score (nSPS) is 30.6. The molecule has 1 unspecified atom stereocenters. The summed E-state index contributed by atoms with van der Waals surface area (Å²) in [5.74, 6) is 0.779. The quantitative estimate of drug-likeness (QED) is 0.735. The maximum Gasteiger partial charge on any atom is 0.225 e. The van der Waals surface area contributed by atoms with Crippen molar-refractivity contribution in [2.75, 3.05) is 19.6 Å². The molecule has 114 valence electrons. The van der Waals surface area contributed by atoms with E-state index in [1.165, 1.54) is 12.8 Å². The van der Waals surface area contributed by atoms with Gasteiger partial charge in [0.15, 0.2) is 0 Å². The molecule has 0 bridgehead atoms. The van der Waals surface area contributed by atoms with E-state index in [0.29, 0.717) is 32.1 Å². The number of amides is 2. The minimum atomic E-state index is -0.167. The molecule has 0 aromatic carbocycles. The zero-order valence-electron chi connectivity index (χ0n) is 12.4. The van der Waals surface area contributed by atoms with E-state index >= 15 is 0 Å². The molecular formula is C15H27N3O2. The van der Waals surface area contributed by atoms with Crippen LogP contribution < -0.4 is 11.1 Å². The summed E-state index contributed by atoms with van der Waals surface area (Å²) in [5, 5.41) is 2.88. The van der Waals surface area contributed by atoms with Crippen LogP contribution in [0.25, 0.3) is 0 Å². The van der Waals surface area contributed by atoms with E-state index in [9.17, 15) is 9.59 Å². The van der Waals surface area contributed by atoms with Crippen molar-refractivity contribution in [1.29, 1.82) is 0 Å². The molecule has 0 radical (unpaired) electrons. The Bertz CT molecular complexity index is 351. The van der Waals surface area contributed by atoms with Gasteiger partial charge in [0.1, 0.15) is 0 Å². The number of nitrogens with zero attached hydrogens (tertiary/aromatic N) is 1. The van der Waals surface area contributed by atoms with E-state index in [0.717, 1.165) is 25.2 Å². The van der Waals surface area contributed by atoms with Gasteiger partial charge in [-0.25, -0.2) is 0 Å². The average molecular weight is 281 g/mol. The Morgan fingerprint density at radius 2 is 2.05 bits per heavy atom. The highest BCUT2D eigenvalue weighted by molar-refractivity contribution is 5.89. The number of rotatable bonds is 5. The van der Waals surface area contributed by atoms with E-state index in [1.807, 2.05) is 4.90 Å². The summed E-state index contributed by atoms with van der Waals surface area (Å²) in [4.78, 5) is 26.1. The first kappa shape index (κ1) is 15.3. The number of hydrogen-bond acceptors (Lipinski definition) is 3. The van der Waals surface area contributed by atoms with Crippen molar-refractivity contribution in [2.24, 2.45) is 17.6 Å². The summed E-state index contributed by atoms with van der Waals surface area (Å²) in [7, 11) is 0. The minimum Gasteiger partial charge on any atom is -0.356 e. The van der Waals surface area contributed by atoms with E-state index < -0.39 is 0 Å². The van der Waals surface area contributed by atoms with E-state index in [2.05, 4.69) is 12.2 Å². The number of nitrogens with two attached hydrogens (primary N) is 1. The summed E-state index contributed by atoms with van der Waals surface area (Å²) in [6, 6.07) is 0.362. The van der Waals surface area contributed by atoms with Crippen LogP contribution >= 0.6 is 0 Å². The largest absolute Gasteiger partial charge is 0.356 e. The number of carbonyl (C=O) groups excluding carboxylic acids is 2. The lowest BCUT2D eigenvalue weighted by molar-refractivity contribution is -0.130. The van der Waals surface area contributed by atoms with Gasteiger partial charge in [-0.15, -0.1) is 0 Å². The Balaban J connectivity index is 1.82. The smallest absolute Gasteiger partial charge is 0.225 e. The number of nitrogens with one attached hydrogen (secondary N) is 1. The lowest BCUT2D eigenvalue weighted by Gasteiger charge is -2.33. The molecule has 2 amide bonds. The van der Waals surface area contributed by atoms with Crippen LogP contribution in [0.2, 0.25) is 0 Å². The van der Waals surface area contributed by atoms with Crippen molar-refractivity contribution >= 4 is 11.8 Å². The zero-order chi connectivity index (χ0) is 14.5. The topological polar surface area (TPSA) is 75.4 Å². The molecule has 20 heavy (non-hydrogen) atoms. The molecule has 2 aliphatic rings. The first-order valence-corrected chi connectivity index (χ1v) is 7.89. The number of hydrogen-bond donors (Lipinski definition) is 2. The van der Waals surface area contributed by atoms with Crippen LogP contribution in [0.1, 0.15) is 45.4 Å². The van der Waals surface area contributed by atoms with Crippen LogP contribution in [0.5, 0.6) is 0 Å². The van der Waals surface area contributed by atoms with Gasteiger partial charge in [-0.05, 0) is 44.6 Å². The summed E-state index contributed by atoms with van der Waals surface area (Å²) < 4.78 is 0. The fourth-order valence-corrected chi connectivity index (χ4v) is 3.27. The van der Waals surface area contributed by atoms with Gasteiger partial charge >= 0.3 is 0 Å². The molecule has 5 heteroatoms. The Hall–Kier alpha value is -1.10. The molecule has 1 aliphatic heterocycles. The predicted octanol–water partition coefficient (Wildman–Crippen LogP) is 0.879. The van der Waals surface area contributed by atoms with Gasteiger partial charge in [0.05, 0.1) is 5.92 Å². The Morgan fingerprint density at radius 3 is 2.70 bits per heavy atom. The monoisotopic (exact) mass is 281 g/mol. The lowest BCUT2D eigenvalue weighted by atomic mass is 9.87. The van der Waals surface area contributed by atoms with Gasteiger partial charge in [0.2, 0.25) is 11.8 Å². The maximum absolute atomic E-state index is 12.1. The highest BCUT2D eigenvalue weighted by Crippen LogP contribution is 2.31. The van der Waals surface area contributed by atoms with Gasteiger partial charge in [-0.1, -0.05) is 6.92 Å². The fourth-order valence-electron chi connectivity index (χ4n) is 3.27. The van der Waals surface area contributed by atoms with Crippen LogP contribution in [0.3, 0.4) is 0 Å². The van der Waals surface area contributed by atoms with Gasteiger partial charge < -0.3 is 16.0 Å². The molecule has 0 aromatic rings. The second-order valence-corrected chi connectivity index (χ2v) is 6.29. The molecule has 5 nitrogen and oxygen atoms in total. The second kappa shape index (κ2) is 7.07. The molecule has 1 atom stereocenters. The highest BCUT2D eigenvalue weighted by Gasteiger charge is 2.38. The van der Waals surface area contributed by atoms with Crippen molar-refractivity contribution in [3.63, 3.8) is 0 Å². The van der Waals surface area contributed by atoms with Crippen molar-refractivity contribution in [2.45, 2.75) is 51.5 Å². The van der Waals surface area contributed by atoms with Crippen LogP contribution in [0.4, 0.5) is 0 Å². The molecule has 1 aliphatic carbocycles. The maximum atomic E-state index is 12.1. The first-order chi connectivity index (χ1) is 9.61. The van der Waals surface area contributed by atoms with Gasteiger partial charge in [-0.3, -0.25) is 9.59 Å². The summed E-state index contributed by atoms with van der Waals surface area (Å²) in [6.45, 7) is 4.07. The van der Waals surface area contributed by atoms with Gasteiger partial charge in [-0.2, -0.15) is 0 Å². The molecule has 3 N–H and O–H groups in total. The first-order valence-electron chi connectivity index (χ1n) is 7.89. The highest BCUT2D eigenvalue weighted by atomic mass is 16.2. The van der Waals surface area contributed by atoms with Crippen LogP contribution in [-0.4, -0.2) is 42.4 Å². The molecule has 0 aromatic heterocycles. The van der Waals surface area contributed by atoms with Crippen molar-refractivity contribution in [3.05, 3.63) is 0 Å². The fraction of sp³-hybridized carbons (Fsp3) is 0.867. The lowest BCUT2D eigenvalue weighted by Crippen LogP contribution is -2.40. The van der Waals surface area contributed by atoms with E-state index in [1.54, 1.807) is 0 Å². The average Bonchev–Trinajstić information content (AvgIpc) is 2.82. The Labute approximate surface area is 121 Å². The second-order valence-electron chi connectivity index (χ2n) is 6.29. The molecule has 2 rings (SSSR count). The van der Waals surface area contributed by atoms with E-state index in [4.69, 9.17) is 5.73 Å². The van der Waals surface area contributed by atoms with E-state index in [-0.39, 0.29) is 17.7 Å². The molecule has 0 spiro atoms. The van der Waals surface area contributed by atoms with Gasteiger partial charge in [0.25, 0.3) is 0 Å². The third-order valence-electron chi connectivity index (χ3n) is 4.64. The SMILES string of the molecule is CC1CCC(N2CC(C(=O)NCCCN)CC2=O)CC1. The summed E-state index contributed by atoms with van der Waals surface area (Å²) in [6.07, 6.45) is 5.74. The Morgan fingerprint density at radius 1 is 1.35 bits per heavy atom.